The zero-order valence-electron chi connectivity index (χ0n) is 13.9. The molecular weight excluding hydrogens is 358 g/mol. The molecule has 7 nitrogen and oxygen atoms in total. The highest BCUT2D eigenvalue weighted by atomic mass is 32.2. The first-order valence-electron chi connectivity index (χ1n) is 8.05. The molecular formula is C18H19NO6S. The maximum atomic E-state index is 12.8. The quantitative estimate of drug-likeness (QED) is 0.788. The van der Waals surface area contributed by atoms with E-state index in [4.69, 9.17) is 20.3 Å². The molecule has 0 fully saturated rings. The van der Waals surface area contributed by atoms with Crippen LogP contribution in [0, 0.1) is 0 Å². The van der Waals surface area contributed by atoms with Gasteiger partial charge < -0.3 is 20.3 Å². The fraction of sp³-hybridized carbons (Fsp3) is 0.278. The van der Waals surface area contributed by atoms with Crippen molar-refractivity contribution in [3.05, 3.63) is 54.1 Å². The van der Waals surface area contributed by atoms with Crippen molar-refractivity contribution < 1.29 is 27.8 Å². The van der Waals surface area contributed by atoms with Gasteiger partial charge in [0.2, 0.25) is 0 Å². The summed E-state index contributed by atoms with van der Waals surface area (Å²) in [7, 11) is -3.70. The molecule has 8 heteroatoms. The molecule has 0 spiro atoms. The first kappa shape index (κ1) is 18.2. The number of carboxylic acids is 1. The molecule has 3 rings (SSSR count). The van der Waals surface area contributed by atoms with E-state index in [2.05, 4.69) is 0 Å². The van der Waals surface area contributed by atoms with Gasteiger partial charge in [-0.2, -0.15) is 0 Å². The second-order valence-corrected chi connectivity index (χ2v) is 8.05. The van der Waals surface area contributed by atoms with Crippen LogP contribution in [0.1, 0.15) is 17.9 Å². The van der Waals surface area contributed by atoms with Gasteiger partial charge in [-0.15, -0.1) is 0 Å². The van der Waals surface area contributed by atoms with Gasteiger partial charge in [-0.25, -0.2) is 13.2 Å². The van der Waals surface area contributed by atoms with Crippen LogP contribution in [0.3, 0.4) is 0 Å². The second-order valence-electron chi connectivity index (χ2n) is 5.95. The summed E-state index contributed by atoms with van der Waals surface area (Å²) in [6.45, 7) is -0.151. The maximum Gasteiger partial charge on any atom is 0.341 e. The summed E-state index contributed by atoms with van der Waals surface area (Å²) in [6, 6.07) is 12.9. The number of benzene rings is 2. The molecule has 2 unspecified atom stereocenters. The maximum absolute atomic E-state index is 12.8. The summed E-state index contributed by atoms with van der Waals surface area (Å²) in [6.07, 6.45) is 0.468. The lowest BCUT2D eigenvalue weighted by atomic mass is 9.93. The number of carboxylic acid groups (broad SMARTS) is 1. The lowest BCUT2D eigenvalue weighted by Crippen LogP contribution is -2.39. The van der Waals surface area contributed by atoms with E-state index in [1.165, 1.54) is 12.1 Å². The molecule has 2 aromatic carbocycles. The van der Waals surface area contributed by atoms with Crippen LogP contribution in [0.5, 0.6) is 11.5 Å². The highest BCUT2D eigenvalue weighted by Crippen LogP contribution is 2.39. The van der Waals surface area contributed by atoms with Gasteiger partial charge in [0.15, 0.2) is 16.4 Å². The van der Waals surface area contributed by atoms with Gasteiger partial charge in [-0.3, -0.25) is 0 Å². The van der Waals surface area contributed by atoms with Crippen LogP contribution >= 0.6 is 0 Å². The molecule has 0 amide bonds. The van der Waals surface area contributed by atoms with Gasteiger partial charge >= 0.3 is 5.97 Å². The summed E-state index contributed by atoms with van der Waals surface area (Å²) >= 11 is 0. The number of carbonyl (C=O) groups is 1. The summed E-state index contributed by atoms with van der Waals surface area (Å²) in [5.41, 5.74) is 6.83. The van der Waals surface area contributed by atoms with E-state index in [-0.39, 0.29) is 4.90 Å². The molecule has 26 heavy (non-hydrogen) atoms. The molecule has 0 bridgehead atoms. The van der Waals surface area contributed by atoms with Crippen LogP contribution in [0.4, 0.5) is 0 Å². The first-order valence-corrected chi connectivity index (χ1v) is 9.60. The Kier molecular flexibility index (Phi) is 5.15. The predicted octanol–water partition coefficient (Wildman–Crippen LogP) is 1.77. The first-order chi connectivity index (χ1) is 12.4. The molecule has 1 heterocycles. The Labute approximate surface area is 151 Å². The van der Waals surface area contributed by atoms with Gasteiger partial charge in [-0.05, 0) is 24.6 Å². The Hall–Kier alpha value is -2.58. The fourth-order valence-electron chi connectivity index (χ4n) is 2.96. The molecule has 3 N–H and O–H groups in total. The van der Waals surface area contributed by atoms with Crippen LogP contribution in [-0.4, -0.2) is 38.1 Å². The molecule has 1 aliphatic rings. The van der Waals surface area contributed by atoms with Crippen LogP contribution in [0.15, 0.2) is 53.4 Å². The summed E-state index contributed by atoms with van der Waals surface area (Å²) in [4.78, 5) is 10.8. The minimum absolute atomic E-state index is 0.182. The average Bonchev–Trinajstić information content (AvgIpc) is 2.65. The molecule has 0 aromatic heterocycles. The Morgan fingerprint density at radius 3 is 2.69 bits per heavy atom. The highest BCUT2D eigenvalue weighted by molar-refractivity contribution is 7.92. The fourth-order valence-corrected chi connectivity index (χ4v) is 4.52. The van der Waals surface area contributed by atoms with Crippen LogP contribution < -0.4 is 15.2 Å². The van der Waals surface area contributed by atoms with E-state index in [0.717, 1.165) is 0 Å². The number of aliphatic carboxylic acids is 1. The van der Waals surface area contributed by atoms with E-state index in [9.17, 15) is 13.2 Å². The smallest absolute Gasteiger partial charge is 0.341 e. The van der Waals surface area contributed by atoms with Crippen LogP contribution in [0.25, 0.3) is 0 Å². The summed E-state index contributed by atoms with van der Waals surface area (Å²) < 4.78 is 36.4. The van der Waals surface area contributed by atoms with Crippen molar-refractivity contribution in [2.75, 3.05) is 13.2 Å². The second kappa shape index (κ2) is 7.35. The van der Waals surface area contributed by atoms with Crippen LogP contribution in [-0.2, 0) is 14.6 Å². The molecule has 2 atom stereocenters. The predicted molar refractivity (Wildman–Crippen MR) is 94.0 cm³/mol. The standard InChI is InChI=1S/C18H19NO6S/c19-18(26(22,23)13-4-2-1-3-5-13)15-8-9-24-16-10-12(6-7-14(15)16)25-11-17(20)21/h1-7,10,15,18H,8-9,11,19H2,(H,20,21). The van der Waals surface area contributed by atoms with Gasteiger partial charge in [0.25, 0.3) is 0 Å². The van der Waals surface area contributed by atoms with E-state index < -0.39 is 33.7 Å². The number of ether oxygens (including phenoxy) is 2. The number of nitrogens with two attached hydrogens (primary N) is 1. The third-order valence-electron chi connectivity index (χ3n) is 4.26. The Morgan fingerprint density at radius 1 is 1.27 bits per heavy atom. The van der Waals surface area contributed by atoms with Crippen molar-refractivity contribution in [2.45, 2.75) is 22.6 Å². The molecule has 0 radical (unpaired) electrons. The molecule has 2 aromatic rings. The minimum atomic E-state index is -3.70. The lowest BCUT2D eigenvalue weighted by molar-refractivity contribution is -0.139. The van der Waals surface area contributed by atoms with Crippen molar-refractivity contribution in [2.24, 2.45) is 5.73 Å². The third kappa shape index (κ3) is 3.66. The van der Waals surface area contributed by atoms with E-state index in [1.54, 1.807) is 36.4 Å². The topological polar surface area (TPSA) is 116 Å². The van der Waals surface area contributed by atoms with Crippen molar-refractivity contribution >= 4 is 15.8 Å². The monoisotopic (exact) mass is 377 g/mol. The Balaban J connectivity index is 1.88. The van der Waals surface area contributed by atoms with Gasteiger partial charge in [0.1, 0.15) is 16.9 Å². The lowest BCUT2D eigenvalue weighted by Gasteiger charge is -2.30. The van der Waals surface area contributed by atoms with E-state index in [1.807, 2.05) is 0 Å². The van der Waals surface area contributed by atoms with E-state index >= 15 is 0 Å². The third-order valence-corrected chi connectivity index (χ3v) is 6.23. The minimum Gasteiger partial charge on any atom is -0.493 e. The number of fused-ring (bicyclic) bond motifs is 1. The summed E-state index contributed by atoms with van der Waals surface area (Å²) in [5, 5.41) is 7.57. The molecule has 1 aliphatic heterocycles. The van der Waals surface area contributed by atoms with Crippen molar-refractivity contribution in [1.29, 1.82) is 0 Å². The van der Waals surface area contributed by atoms with Gasteiger partial charge in [0, 0.05) is 17.5 Å². The normalized spacial score (nSPS) is 17.7. The number of hydrogen-bond acceptors (Lipinski definition) is 6. The summed E-state index contributed by atoms with van der Waals surface area (Å²) in [5.74, 6) is -0.718. The van der Waals surface area contributed by atoms with Gasteiger partial charge in [0.05, 0.1) is 11.5 Å². The number of rotatable bonds is 6. The largest absolute Gasteiger partial charge is 0.493 e. The Bertz CT molecular complexity index is 897. The van der Waals surface area contributed by atoms with E-state index in [0.29, 0.717) is 30.1 Å². The van der Waals surface area contributed by atoms with Gasteiger partial charge in [-0.1, -0.05) is 24.3 Å². The molecule has 0 aliphatic carbocycles. The SMILES string of the molecule is NC(C1CCOc2cc(OCC(=O)O)ccc21)S(=O)(=O)c1ccccc1. The van der Waals surface area contributed by atoms with Crippen molar-refractivity contribution in [1.82, 2.24) is 0 Å². The molecule has 138 valence electrons. The zero-order valence-corrected chi connectivity index (χ0v) is 14.7. The number of sulfone groups is 1. The average molecular weight is 377 g/mol. The highest BCUT2D eigenvalue weighted by Gasteiger charge is 2.36. The molecule has 0 saturated heterocycles. The van der Waals surface area contributed by atoms with Crippen LogP contribution in [0.2, 0.25) is 0 Å². The number of hydrogen-bond donors (Lipinski definition) is 2. The zero-order chi connectivity index (χ0) is 18.7. The Morgan fingerprint density at radius 2 is 2.00 bits per heavy atom. The molecule has 0 saturated carbocycles. The van der Waals surface area contributed by atoms with Crippen molar-refractivity contribution in [3.63, 3.8) is 0 Å². The van der Waals surface area contributed by atoms with Crippen molar-refractivity contribution in [3.8, 4) is 11.5 Å².